The molecule has 1 saturated heterocycles. The van der Waals surface area contributed by atoms with E-state index in [0.717, 1.165) is 32.4 Å². The van der Waals surface area contributed by atoms with Crippen LogP contribution in [0.4, 0.5) is 0 Å². The predicted molar refractivity (Wildman–Crippen MR) is 80.6 cm³/mol. The van der Waals surface area contributed by atoms with Crippen LogP contribution in [0.25, 0.3) is 0 Å². The van der Waals surface area contributed by atoms with Crippen molar-refractivity contribution in [1.82, 2.24) is 4.90 Å². The van der Waals surface area contributed by atoms with E-state index in [2.05, 4.69) is 12.1 Å². The molecule has 2 rings (SSSR count). The first-order valence-electron chi connectivity index (χ1n) is 7.65. The van der Waals surface area contributed by atoms with Crippen LogP contribution in [0.2, 0.25) is 0 Å². The van der Waals surface area contributed by atoms with E-state index < -0.39 is 0 Å². The molecular formula is C17H25NO2. The number of carbonyl (C=O) groups excluding carboxylic acids is 1. The molecule has 3 nitrogen and oxygen atoms in total. The van der Waals surface area contributed by atoms with Gasteiger partial charge in [0.05, 0.1) is 6.10 Å². The van der Waals surface area contributed by atoms with Gasteiger partial charge < -0.3 is 9.64 Å². The second-order valence-corrected chi connectivity index (χ2v) is 5.58. The Bertz CT molecular complexity index is 399. The highest BCUT2D eigenvalue weighted by Gasteiger charge is 2.16. The highest BCUT2D eigenvalue weighted by atomic mass is 16.5. The predicted octanol–water partition coefficient (Wildman–Crippen LogP) is 3.04. The number of rotatable bonds is 6. The third-order valence-corrected chi connectivity index (χ3v) is 3.96. The van der Waals surface area contributed by atoms with Crippen LogP contribution < -0.4 is 0 Å². The van der Waals surface area contributed by atoms with Crippen LogP contribution in [-0.4, -0.2) is 37.1 Å². The lowest BCUT2D eigenvalue weighted by atomic mass is 10.1. The average molecular weight is 275 g/mol. The van der Waals surface area contributed by atoms with E-state index in [1.54, 1.807) is 0 Å². The van der Waals surface area contributed by atoms with Gasteiger partial charge in [-0.25, -0.2) is 0 Å². The van der Waals surface area contributed by atoms with Crippen LogP contribution in [0.1, 0.15) is 37.7 Å². The molecule has 1 heterocycles. The summed E-state index contributed by atoms with van der Waals surface area (Å²) in [7, 11) is 1.90. The van der Waals surface area contributed by atoms with Crippen molar-refractivity contribution in [1.29, 1.82) is 0 Å². The van der Waals surface area contributed by atoms with Crippen LogP contribution >= 0.6 is 0 Å². The lowest BCUT2D eigenvalue weighted by Gasteiger charge is -2.25. The molecule has 20 heavy (non-hydrogen) atoms. The molecule has 0 radical (unpaired) electrons. The largest absolute Gasteiger partial charge is 0.378 e. The normalized spacial score (nSPS) is 18.8. The molecular weight excluding hydrogens is 250 g/mol. The van der Waals surface area contributed by atoms with Gasteiger partial charge in [0.1, 0.15) is 0 Å². The maximum Gasteiger partial charge on any atom is 0.222 e. The van der Waals surface area contributed by atoms with Crippen molar-refractivity contribution in [3.63, 3.8) is 0 Å². The zero-order valence-corrected chi connectivity index (χ0v) is 12.4. The second-order valence-electron chi connectivity index (χ2n) is 5.58. The molecule has 0 N–H and O–H groups in total. The number of ether oxygens (including phenoxy) is 1. The van der Waals surface area contributed by atoms with E-state index in [4.69, 9.17) is 4.74 Å². The SMILES string of the molecule is CN(CCC1CCCCO1)C(=O)CCc1ccccc1. The number of hydrogen-bond donors (Lipinski definition) is 0. The summed E-state index contributed by atoms with van der Waals surface area (Å²) in [4.78, 5) is 13.9. The minimum atomic E-state index is 0.227. The van der Waals surface area contributed by atoms with Gasteiger partial charge in [-0.15, -0.1) is 0 Å². The topological polar surface area (TPSA) is 29.5 Å². The minimum absolute atomic E-state index is 0.227. The van der Waals surface area contributed by atoms with Crippen LogP contribution in [-0.2, 0) is 16.0 Å². The Morgan fingerprint density at radius 2 is 2.10 bits per heavy atom. The summed E-state index contributed by atoms with van der Waals surface area (Å²) in [5.74, 6) is 0.227. The number of hydrogen-bond acceptors (Lipinski definition) is 2. The summed E-state index contributed by atoms with van der Waals surface area (Å²) in [5.41, 5.74) is 1.23. The Hall–Kier alpha value is -1.35. The maximum atomic E-state index is 12.1. The quantitative estimate of drug-likeness (QED) is 0.798. The smallest absolute Gasteiger partial charge is 0.222 e. The summed E-state index contributed by atoms with van der Waals surface area (Å²) < 4.78 is 5.70. The standard InChI is InChI=1S/C17H25NO2/c1-18(13-12-16-9-5-6-14-20-16)17(19)11-10-15-7-3-2-4-8-15/h2-4,7-8,16H,5-6,9-14H2,1H3. The minimum Gasteiger partial charge on any atom is -0.378 e. The van der Waals surface area contributed by atoms with E-state index in [-0.39, 0.29) is 5.91 Å². The maximum absolute atomic E-state index is 12.1. The molecule has 1 atom stereocenters. The second kappa shape index (κ2) is 8.05. The number of nitrogens with zero attached hydrogens (tertiary/aromatic N) is 1. The molecule has 0 aromatic heterocycles. The summed E-state index contributed by atoms with van der Waals surface area (Å²) in [6.07, 6.45) is 6.32. The van der Waals surface area contributed by atoms with Gasteiger partial charge in [0, 0.05) is 26.6 Å². The molecule has 0 bridgehead atoms. The Morgan fingerprint density at radius 3 is 2.80 bits per heavy atom. The molecule has 1 aliphatic rings. The molecule has 0 saturated carbocycles. The molecule has 3 heteroatoms. The molecule has 1 aromatic rings. The van der Waals surface area contributed by atoms with E-state index in [1.807, 2.05) is 30.1 Å². The molecule has 1 aromatic carbocycles. The summed E-state index contributed by atoms with van der Waals surface area (Å²) in [6.45, 7) is 1.69. The molecule has 1 fully saturated rings. The Labute approximate surface area is 121 Å². The first-order valence-corrected chi connectivity index (χ1v) is 7.65. The van der Waals surface area contributed by atoms with Gasteiger partial charge in [-0.3, -0.25) is 4.79 Å². The zero-order chi connectivity index (χ0) is 14.2. The summed E-state index contributed by atoms with van der Waals surface area (Å²) >= 11 is 0. The lowest BCUT2D eigenvalue weighted by molar-refractivity contribution is -0.130. The number of benzene rings is 1. The van der Waals surface area contributed by atoms with Crippen molar-refractivity contribution >= 4 is 5.91 Å². The fourth-order valence-corrected chi connectivity index (χ4v) is 2.58. The van der Waals surface area contributed by atoms with Crippen LogP contribution in [0, 0.1) is 0 Å². The molecule has 0 spiro atoms. The Morgan fingerprint density at radius 1 is 1.30 bits per heavy atom. The molecule has 110 valence electrons. The average Bonchev–Trinajstić information content (AvgIpc) is 2.52. The Balaban J connectivity index is 1.66. The van der Waals surface area contributed by atoms with E-state index in [1.165, 1.54) is 18.4 Å². The van der Waals surface area contributed by atoms with Gasteiger partial charge in [0.15, 0.2) is 0 Å². The van der Waals surface area contributed by atoms with E-state index in [0.29, 0.717) is 12.5 Å². The van der Waals surface area contributed by atoms with E-state index in [9.17, 15) is 4.79 Å². The molecule has 1 unspecified atom stereocenters. The first-order chi connectivity index (χ1) is 9.75. The Kier molecular flexibility index (Phi) is 6.06. The van der Waals surface area contributed by atoms with Gasteiger partial charge >= 0.3 is 0 Å². The molecule has 0 aliphatic carbocycles. The zero-order valence-electron chi connectivity index (χ0n) is 12.4. The lowest BCUT2D eigenvalue weighted by Crippen LogP contribution is -2.31. The van der Waals surface area contributed by atoms with Crippen molar-refractivity contribution in [3.8, 4) is 0 Å². The summed E-state index contributed by atoms with van der Waals surface area (Å²) in [6, 6.07) is 10.2. The number of aryl methyl sites for hydroxylation is 1. The van der Waals surface area contributed by atoms with Gasteiger partial charge in [-0.1, -0.05) is 30.3 Å². The highest BCUT2D eigenvalue weighted by Crippen LogP contribution is 2.16. The third-order valence-electron chi connectivity index (χ3n) is 3.96. The van der Waals surface area contributed by atoms with Crippen LogP contribution in [0.15, 0.2) is 30.3 Å². The fourth-order valence-electron chi connectivity index (χ4n) is 2.58. The monoisotopic (exact) mass is 275 g/mol. The van der Waals surface area contributed by atoms with Crippen molar-refractivity contribution < 1.29 is 9.53 Å². The summed E-state index contributed by atoms with van der Waals surface area (Å²) in [5, 5.41) is 0. The number of amides is 1. The third kappa shape index (κ3) is 4.97. The number of carbonyl (C=O) groups is 1. The van der Waals surface area contributed by atoms with Crippen molar-refractivity contribution in [2.24, 2.45) is 0 Å². The van der Waals surface area contributed by atoms with Gasteiger partial charge in [-0.2, -0.15) is 0 Å². The fraction of sp³-hybridized carbons (Fsp3) is 0.588. The van der Waals surface area contributed by atoms with Gasteiger partial charge in [0.2, 0.25) is 5.91 Å². The van der Waals surface area contributed by atoms with Crippen molar-refractivity contribution in [3.05, 3.63) is 35.9 Å². The van der Waals surface area contributed by atoms with Crippen LogP contribution in [0.3, 0.4) is 0 Å². The first kappa shape index (κ1) is 15.0. The molecule has 1 aliphatic heterocycles. The highest BCUT2D eigenvalue weighted by molar-refractivity contribution is 5.76. The van der Waals surface area contributed by atoms with Gasteiger partial charge in [0.25, 0.3) is 0 Å². The molecule has 1 amide bonds. The van der Waals surface area contributed by atoms with Crippen LogP contribution in [0.5, 0.6) is 0 Å². The van der Waals surface area contributed by atoms with Crippen molar-refractivity contribution in [2.45, 2.75) is 44.6 Å². The van der Waals surface area contributed by atoms with Gasteiger partial charge in [-0.05, 0) is 37.7 Å². The van der Waals surface area contributed by atoms with E-state index >= 15 is 0 Å². The van der Waals surface area contributed by atoms with Crippen molar-refractivity contribution in [2.75, 3.05) is 20.2 Å².